The fraction of sp³-hybridized carbons (Fsp3) is 0.450. The molecule has 0 atom stereocenters. The highest BCUT2D eigenvalue weighted by atomic mass is 19.1. The summed E-state index contributed by atoms with van der Waals surface area (Å²) in [7, 11) is 0. The fourth-order valence-corrected chi connectivity index (χ4v) is 3.37. The van der Waals surface area contributed by atoms with Gasteiger partial charge in [0.25, 0.3) is 0 Å². The highest BCUT2D eigenvalue weighted by molar-refractivity contribution is 5.66. The Morgan fingerprint density at radius 1 is 1.46 bits per heavy atom. The molecule has 0 aliphatic heterocycles. The molecule has 8 heteroatoms. The van der Waals surface area contributed by atoms with E-state index >= 15 is 0 Å². The first-order chi connectivity index (χ1) is 13.3. The molecular formula is C20H27FN6O. The van der Waals surface area contributed by atoms with E-state index in [1.165, 1.54) is 29.1 Å². The number of nitrogens with two attached hydrogens (primary N) is 1. The van der Waals surface area contributed by atoms with Gasteiger partial charge in [0.05, 0.1) is 23.2 Å². The van der Waals surface area contributed by atoms with E-state index in [1.807, 2.05) is 19.9 Å². The second-order valence-corrected chi connectivity index (χ2v) is 7.51. The number of allylic oxidation sites excluding steroid dienone is 1. The Morgan fingerprint density at radius 3 is 2.86 bits per heavy atom. The summed E-state index contributed by atoms with van der Waals surface area (Å²) in [6.07, 6.45) is 8.36. The van der Waals surface area contributed by atoms with Crippen molar-refractivity contribution in [1.82, 2.24) is 14.5 Å². The Kier molecular flexibility index (Phi) is 5.79. The highest BCUT2D eigenvalue weighted by Gasteiger charge is 2.29. The zero-order valence-corrected chi connectivity index (χ0v) is 16.2. The fourth-order valence-electron chi connectivity index (χ4n) is 3.37. The SMILES string of the molecule is CCC=C(c1ncc(N)c(NC2CCC(C)(O)CC2)n1)n1cc(F)ccc1=N. The lowest BCUT2D eigenvalue weighted by molar-refractivity contribution is 0.0196. The number of nitrogens with zero attached hydrogens (tertiary/aromatic N) is 3. The maximum absolute atomic E-state index is 13.8. The number of anilines is 2. The van der Waals surface area contributed by atoms with Crippen molar-refractivity contribution in [2.75, 3.05) is 11.1 Å². The van der Waals surface area contributed by atoms with Crippen LogP contribution in [0.2, 0.25) is 0 Å². The highest BCUT2D eigenvalue weighted by Crippen LogP contribution is 2.30. The molecule has 0 unspecified atom stereocenters. The molecule has 1 saturated carbocycles. The number of nitrogen functional groups attached to an aromatic ring is 1. The third-order valence-corrected chi connectivity index (χ3v) is 5.02. The van der Waals surface area contributed by atoms with E-state index in [0.717, 1.165) is 12.8 Å². The van der Waals surface area contributed by atoms with Crippen molar-refractivity contribution in [2.24, 2.45) is 0 Å². The Morgan fingerprint density at radius 2 is 2.18 bits per heavy atom. The smallest absolute Gasteiger partial charge is 0.178 e. The van der Waals surface area contributed by atoms with Crippen molar-refractivity contribution in [2.45, 2.75) is 57.6 Å². The number of rotatable bonds is 5. The quantitative estimate of drug-likeness (QED) is 0.631. The van der Waals surface area contributed by atoms with Crippen molar-refractivity contribution < 1.29 is 9.50 Å². The van der Waals surface area contributed by atoms with Crippen molar-refractivity contribution in [3.63, 3.8) is 0 Å². The molecule has 2 aromatic rings. The summed E-state index contributed by atoms with van der Waals surface area (Å²) in [5.41, 5.74) is 6.53. The maximum atomic E-state index is 13.8. The van der Waals surface area contributed by atoms with Crippen LogP contribution >= 0.6 is 0 Å². The molecule has 3 rings (SSSR count). The van der Waals surface area contributed by atoms with Gasteiger partial charge in [-0.15, -0.1) is 0 Å². The van der Waals surface area contributed by atoms with Gasteiger partial charge in [-0.25, -0.2) is 14.4 Å². The number of aliphatic hydroxyl groups is 1. The predicted octanol–water partition coefficient (Wildman–Crippen LogP) is 2.88. The minimum atomic E-state index is -0.615. The van der Waals surface area contributed by atoms with Crippen molar-refractivity contribution in [3.8, 4) is 0 Å². The van der Waals surface area contributed by atoms with Gasteiger partial charge in [-0.1, -0.05) is 13.0 Å². The molecule has 7 nitrogen and oxygen atoms in total. The van der Waals surface area contributed by atoms with E-state index < -0.39 is 11.4 Å². The number of halogens is 1. The van der Waals surface area contributed by atoms with E-state index in [0.29, 0.717) is 42.3 Å². The average molecular weight is 386 g/mol. The molecule has 0 spiro atoms. The van der Waals surface area contributed by atoms with Crippen LogP contribution in [-0.2, 0) is 0 Å². The third-order valence-electron chi connectivity index (χ3n) is 5.02. The van der Waals surface area contributed by atoms with Gasteiger partial charge in [-0.05, 0) is 51.2 Å². The van der Waals surface area contributed by atoms with E-state index in [4.69, 9.17) is 11.1 Å². The summed E-state index contributed by atoms with van der Waals surface area (Å²) in [6, 6.07) is 2.80. The summed E-state index contributed by atoms with van der Waals surface area (Å²) in [4.78, 5) is 8.87. The lowest BCUT2D eigenvalue weighted by Crippen LogP contribution is -2.36. The van der Waals surface area contributed by atoms with Crippen molar-refractivity contribution >= 4 is 17.2 Å². The molecule has 5 N–H and O–H groups in total. The topological polar surface area (TPSA) is 113 Å². The van der Waals surface area contributed by atoms with Gasteiger partial charge in [0.2, 0.25) is 0 Å². The zero-order chi connectivity index (χ0) is 20.3. The van der Waals surface area contributed by atoms with Crippen LogP contribution in [0, 0.1) is 11.2 Å². The molecule has 1 aliphatic rings. The Bertz CT molecular complexity index is 927. The van der Waals surface area contributed by atoms with E-state index in [2.05, 4.69) is 15.3 Å². The van der Waals surface area contributed by atoms with Crippen molar-refractivity contribution in [3.05, 3.63) is 47.7 Å². The van der Waals surface area contributed by atoms with Gasteiger partial charge in [0, 0.05) is 12.2 Å². The summed E-state index contributed by atoms with van der Waals surface area (Å²) in [6.45, 7) is 3.81. The van der Waals surface area contributed by atoms with E-state index in [1.54, 1.807) is 0 Å². The minimum absolute atomic E-state index is 0.130. The van der Waals surface area contributed by atoms with Gasteiger partial charge in [-0.3, -0.25) is 9.98 Å². The van der Waals surface area contributed by atoms with Crippen LogP contribution in [0.1, 0.15) is 51.8 Å². The molecule has 0 saturated heterocycles. The summed E-state index contributed by atoms with van der Waals surface area (Å²) >= 11 is 0. The second-order valence-electron chi connectivity index (χ2n) is 7.51. The Balaban J connectivity index is 1.91. The van der Waals surface area contributed by atoms with Crippen LogP contribution in [0.15, 0.2) is 30.6 Å². The number of hydrogen-bond donors (Lipinski definition) is 4. The van der Waals surface area contributed by atoms with Gasteiger partial charge in [0.15, 0.2) is 11.6 Å². The maximum Gasteiger partial charge on any atom is 0.178 e. The molecule has 1 aliphatic carbocycles. The zero-order valence-electron chi connectivity index (χ0n) is 16.2. The second kappa shape index (κ2) is 8.10. The molecular weight excluding hydrogens is 359 g/mol. The summed E-state index contributed by atoms with van der Waals surface area (Å²) in [5, 5.41) is 21.6. The summed E-state index contributed by atoms with van der Waals surface area (Å²) < 4.78 is 15.2. The molecule has 28 heavy (non-hydrogen) atoms. The molecule has 1 fully saturated rings. The molecule has 2 aromatic heterocycles. The molecule has 0 aromatic carbocycles. The van der Waals surface area contributed by atoms with Crippen LogP contribution in [0.4, 0.5) is 15.9 Å². The number of nitrogens with one attached hydrogen (secondary N) is 2. The lowest BCUT2D eigenvalue weighted by atomic mass is 9.84. The number of hydrogen-bond acceptors (Lipinski definition) is 6. The van der Waals surface area contributed by atoms with Crippen LogP contribution in [0.5, 0.6) is 0 Å². The van der Waals surface area contributed by atoms with Crippen LogP contribution < -0.4 is 16.5 Å². The first kappa shape index (κ1) is 20.0. The van der Waals surface area contributed by atoms with Gasteiger partial charge in [0.1, 0.15) is 11.3 Å². The predicted molar refractivity (Wildman–Crippen MR) is 107 cm³/mol. The van der Waals surface area contributed by atoms with Gasteiger partial charge in [-0.2, -0.15) is 0 Å². The van der Waals surface area contributed by atoms with Crippen molar-refractivity contribution in [1.29, 1.82) is 5.41 Å². The van der Waals surface area contributed by atoms with Gasteiger partial charge < -0.3 is 16.2 Å². The van der Waals surface area contributed by atoms with Crippen LogP contribution in [0.3, 0.4) is 0 Å². The number of aromatic nitrogens is 3. The molecule has 0 amide bonds. The van der Waals surface area contributed by atoms with E-state index in [9.17, 15) is 9.50 Å². The van der Waals surface area contributed by atoms with Crippen LogP contribution in [-0.4, -0.2) is 31.3 Å². The third kappa shape index (κ3) is 4.56. The first-order valence-corrected chi connectivity index (χ1v) is 9.54. The largest absolute Gasteiger partial charge is 0.394 e. The molecule has 2 heterocycles. The monoisotopic (exact) mass is 386 g/mol. The number of pyridine rings is 1. The standard InChI is InChI=1S/C20H27FN6O/c1-3-4-16(27-12-13(21)5-6-17(27)23)19-24-11-15(22)18(26-19)25-14-7-9-20(2,28)10-8-14/h4-6,11-12,14,23,28H,3,7-10,22H2,1-2H3,(H,24,25,26). The minimum Gasteiger partial charge on any atom is -0.394 e. The molecule has 0 radical (unpaired) electrons. The normalized spacial score (nSPS) is 22.9. The summed E-state index contributed by atoms with van der Waals surface area (Å²) in [5.74, 6) is 0.439. The Labute approximate surface area is 163 Å². The molecule has 0 bridgehead atoms. The first-order valence-electron chi connectivity index (χ1n) is 9.54. The lowest BCUT2D eigenvalue weighted by Gasteiger charge is -2.33. The molecule has 150 valence electrons. The van der Waals surface area contributed by atoms with E-state index in [-0.39, 0.29) is 11.5 Å². The Hall–Kier alpha value is -2.74. The van der Waals surface area contributed by atoms with Gasteiger partial charge >= 0.3 is 0 Å². The average Bonchev–Trinajstić information content (AvgIpc) is 2.65. The van der Waals surface area contributed by atoms with Crippen LogP contribution in [0.25, 0.3) is 5.70 Å².